The zero-order valence-electron chi connectivity index (χ0n) is 19.9. The molecular formula is C26H31F2N3O3. The molecule has 0 radical (unpaired) electrons. The lowest BCUT2D eigenvalue weighted by molar-refractivity contribution is -0.158. The lowest BCUT2D eigenvalue weighted by Gasteiger charge is -2.44. The van der Waals surface area contributed by atoms with Gasteiger partial charge in [0.1, 0.15) is 29.8 Å². The quantitative estimate of drug-likeness (QED) is 0.641. The number of nitrogens with zero attached hydrogens (tertiary/aromatic N) is 2. The molecule has 1 unspecified atom stereocenters. The SMILES string of the molecule is CC(C)C[C@@H]1C(=O)NC(CCc2ccccc2)C(=O)N1[C@@H](C(=O)N(C)C)c1ccc(F)cc1F. The first-order chi connectivity index (χ1) is 16.1. The van der Waals surface area contributed by atoms with E-state index in [2.05, 4.69) is 5.32 Å². The Labute approximate surface area is 198 Å². The molecule has 34 heavy (non-hydrogen) atoms. The molecule has 0 bridgehead atoms. The van der Waals surface area contributed by atoms with Gasteiger partial charge in [-0.25, -0.2) is 8.78 Å². The average molecular weight is 472 g/mol. The Morgan fingerprint density at radius 1 is 1.09 bits per heavy atom. The smallest absolute Gasteiger partial charge is 0.249 e. The van der Waals surface area contributed by atoms with Crippen LogP contribution in [0, 0.1) is 17.6 Å². The molecule has 0 saturated carbocycles. The van der Waals surface area contributed by atoms with E-state index < -0.39 is 41.6 Å². The van der Waals surface area contributed by atoms with E-state index in [1.807, 2.05) is 44.2 Å². The van der Waals surface area contributed by atoms with E-state index in [1.165, 1.54) is 30.0 Å². The van der Waals surface area contributed by atoms with Crippen molar-refractivity contribution < 1.29 is 23.2 Å². The molecule has 3 amide bonds. The first-order valence-corrected chi connectivity index (χ1v) is 11.4. The zero-order valence-corrected chi connectivity index (χ0v) is 19.9. The van der Waals surface area contributed by atoms with Gasteiger partial charge in [-0.2, -0.15) is 0 Å². The first kappa shape index (κ1) is 25.3. The highest BCUT2D eigenvalue weighted by Gasteiger charge is 2.47. The summed E-state index contributed by atoms with van der Waals surface area (Å²) in [5.41, 5.74) is 0.865. The minimum Gasteiger partial charge on any atom is -0.347 e. The van der Waals surface area contributed by atoms with Gasteiger partial charge in [-0.1, -0.05) is 50.2 Å². The summed E-state index contributed by atoms with van der Waals surface area (Å²) < 4.78 is 28.6. The normalized spacial score (nSPS) is 19.2. The van der Waals surface area contributed by atoms with Gasteiger partial charge in [0, 0.05) is 25.7 Å². The third-order valence-corrected chi connectivity index (χ3v) is 5.98. The standard InChI is InChI=1S/C26H31F2N3O3/c1-16(2)14-22-24(32)29-21(13-10-17-8-6-5-7-9-17)25(33)31(22)23(26(34)30(3)4)19-12-11-18(27)15-20(19)28/h5-9,11-12,15-16,21-23H,10,13-14H2,1-4H3,(H,29,32)/t21?,22-,23-/m1/s1. The van der Waals surface area contributed by atoms with Crippen LogP contribution in [-0.4, -0.2) is 53.7 Å². The van der Waals surface area contributed by atoms with E-state index in [-0.39, 0.29) is 17.4 Å². The van der Waals surface area contributed by atoms with Crippen LogP contribution in [-0.2, 0) is 20.8 Å². The van der Waals surface area contributed by atoms with Crippen molar-refractivity contribution in [3.05, 3.63) is 71.3 Å². The van der Waals surface area contributed by atoms with Crippen LogP contribution in [0.4, 0.5) is 8.78 Å². The van der Waals surface area contributed by atoms with Crippen LogP contribution in [0.15, 0.2) is 48.5 Å². The van der Waals surface area contributed by atoms with Gasteiger partial charge in [0.15, 0.2) is 0 Å². The summed E-state index contributed by atoms with van der Waals surface area (Å²) in [4.78, 5) is 42.7. The summed E-state index contributed by atoms with van der Waals surface area (Å²) >= 11 is 0. The molecule has 1 heterocycles. The van der Waals surface area contributed by atoms with Crippen LogP contribution in [0.2, 0.25) is 0 Å². The molecule has 0 aliphatic carbocycles. The van der Waals surface area contributed by atoms with Crippen LogP contribution in [0.3, 0.4) is 0 Å². The van der Waals surface area contributed by atoms with E-state index in [9.17, 15) is 23.2 Å². The van der Waals surface area contributed by atoms with Crippen molar-refractivity contribution in [2.45, 2.75) is 51.2 Å². The summed E-state index contributed by atoms with van der Waals surface area (Å²) in [6.07, 6.45) is 1.16. The second-order valence-corrected chi connectivity index (χ2v) is 9.28. The third kappa shape index (κ3) is 5.61. The highest BCUT2D eigenvalue weighted by molar-refractivity contribution is 6.00. The Morgan fingerprint density at radius 3 is 2.35 bits per heavy atom. The maximum atomic E-state index is 14.9. The Balaban J connectivity index is 2.04. The first-order valence-electron chi connectivity index (χ1n) is 11.4. The van der Waals surface area contributed by atoms with Crippen LogP contribution in [0.5, 0.6) is 0 Å². The van der Waals surface area contributed by atoms with Gasteiger partial charge in [0.05, 0.1) is 0 Å². The zero-order chi connectivity index (χ0) is 25.0. The fraction of sp³-hybridized carbons (Fsp3) is 0.423. The minimum atomic E-state index is -1.39. The molecule has 1 saturated heterocycles. The lowest BCUT2D eigenvalue weighted by atomic mass is 9.91. The Bertz CT molecular complexity index is 1040. The molecule has 6 nitrogen and oxygen atoms in total. The molecule has 1 aliphatic heterocycles. The Hall–Kier alpha value is -3.29. The molecule has 2 aromatic rings. The summed E-state index contributed by atoms with van der Waals surface area (Å²) in [5, 5.41) is 2.81. The minimum absolute atomic E-state index is 0.0279. The summed E-state index contributed by atoms with van der Waals surface area (Å²) in [5.74, 6) is -3.11. The number of rotatable bonds is 8. The van der Waals surface area contributed by atoms with E-state index in [0.29, 0.717) is 25.3 Å². The highest BCUT2D eigenvalue weighted by Crippen LogP contribution is 2.33. The predicted molar refractivity (Wildman–Crippen MR) is 125 cm³/mol. The second-order valence-electron chi connectivity index (χ2n) is 9.28. The molecule has 3 rings (SSSR count). The number of carbonyl (C=O) groups excluding carboxylic acids is 3. The fourth-order valence-corrected chi connectivity index (χ4v) is 4.28. The van der Waals surface area contributed by atoms with E-state index in [4.69, 9.17) is 0 Å². The van der Waals surface area contributed by atoms with Crippen molar-refractivity contribution in [2.24, 2.45) is 5.92 Å². The van der Waals surface area contributed by atoms with Crippen LogP contribution in [0.25, 0.3) is 0 Å². The number of hydrogen-bond donors (Lipinski definition) is 1. The monoisotopic (exact) mass is 471 g/mol. The van der Waals surface area contributed by atoms with Crippen molar-refractivity contribution in [1.29, 1.82) is 0 Å². The van der Waals surface area contributed by atoms with Crippen molar-refractivity contribution >= 4 is 17.7 Å². The van der Waals surface area contributed by atoms with Gasteiger partial charge in [-0.15, -0.1) is 0 Å². The van der Waals surface area contributed by atoms with E-state index >= 15 is 0 Å². The van der Waals surface area contributed by atoms with Gasteiger partial charge >= 0.3 is 0 Å². The molecular weight excluding hydrogens is 440 g/mol. The number of piperazine rings is 1. The molecule has 1 fully saturated rings. The molecule has 3 atom stereocenters. The summed E-state index contributed by atoms with van der Waals surface area (Å²) in [6, 6.07) is 9.23. The van der Waals surface area contributed by atoms with Crippen molar-refractivity contribution in [3.63, 3.8) is 0 Å². The maximum Gasteiger partial charge on any atom is 0.249 e. The van der Waals surface area contributed by atoms with Crippen molar-refractivity contribution in [1.82, 2.24) is 15.1 Å². The number of aryl methyl sites for hydroxylation is 1. The van der Waals surface area contributed by atoms with Crippen LogP contribution in [0.1, 0.15) is 43.9 Å². The number of amides is 3. The largest absolute Gasteiger partial charge is 0.347 e. The fourth-order valence-electron chi connectivity index (χ4n) is 4.28. The molecule has 0 spiro atoms. The molecule has 1 aliphatic rings. The number of hydrogen-bond acceptors (Lipinski definition) is 3. The molecule has 1 N–H and O–H groups in total. The van der Waals surface area contributed by atoms with Gasteiger partial charge < -0.3 is 15.1 Å². The molecule has 8 heteroatoms. The van der Waals surface area contributed by atoms with Gasteiger partial charge in [-0.3, -0.25) is 14.4 Å². The number of benzene rings is 2. The number of nitrogens with one attached hydrogen (secondary N) is 1. The van der Waals surface area contributed by atoms with Crippen molar-refractivity contribution in [2.75, 3.05) is 14.1 Å². The van der Waals surface area contributed by atoms with Gasteiger partial charge in [0.2, 0.25) is 17.7 Å². The predicted octanol–water partition coefficient (Wildman–Crippen LogP) is 3.47. The number of likely N-dealkylation sites (N-methyl/N-ethyl adjacent to an activating group) is 1. The average Bonchev–Trinajstić information content (AvgIpc) is 2.78. The Kier molecular flexibility index (Phi) is 8.02. The topological polar surface area (TPSA) is 69.7 Å². The highest BCUT2D eigenvalue weighted by atomic mass is 19.1. The number of halogens is 2. The summed E-state index contributed by atoms with van der Waals surface area (Å²) in [6.45, 7) is 3.80. The maximum absolute atomic E-state index is 14.9. The molecule has 0 aromatic heterocycles. The third-order valence-electron chi connectivity index (χ3n) is 5.98. The number of carbonyl (C=O) groups is 3. The lowest BCUT2D eigenvalue weighted by Crippen LogP contribution is -2.65. The van der Waals surface area contributed by atoms with E-state index in [0.717, 1.165) is 11.6 Å². The summed E-state index contributed by atoms with van der Waals surface area (Å²) in [7, 11) is 2.99. The van der Waals surface area contributed by atoms with E-state index in [1.54, 1.807) is 0 Å². The molecule has 182 valence electrons. The van der Waals surface area contributed by atoms with Crippen LogP contribution >= 0.6 is 0 Å². The van der Waals surface area contributed by atoms with Gasteiger partial charge in [-0.05, 0) is 36.8 Å². The Morgan fingerprint density at radius 2 is 1.76 bits per heavy atom. The molecule has 2 aromatic carbocycles. The van der Waals surface area contributed by atoms with Gasteiger partial charge in [0.25, 0.3) is 0 Å². The van der Waals surface area contributed by atoms with Crippen molar-refractivity contribution in [3.8, 4) is 0 Å². The second kappa shape index (κ2) is 10.8. The van der Waals surface area contributed by atoms with Crippen LogP contribution < -0.4 is 5.32 Å².